The van der Waals surface area contributed by atoms with E-state index in [1.807, 2.05) is 0 Å². The van der Waals surface area contributed by atoms with Gasteiger partial charge in [-0.25, -0.2) is 4.79 Å². The van der Waals surface area contributed by atoms with E-state index in [-0.39, 0.29) is 23.9 Å². The summed E-state index contributed by atoms with van der Waals surface area (Å²) in [6.07, 6.45) is 2.02. The summed E-state index contributed by atoms with van der Waals surface area (Å²) in [4.78, 5) is 26.5. The number of nitrogens with zero attached hydrogens (tertiary/aromatic N) is 3. The molecule has 1 aromatic heterocycles. The number of ether oxygens (including phenoxy) is 1. The number of nitrogens with two attached hydrogens (primary N) is 1. The van der Waals surface area contributed by atoms with Crippen LogP contribution >= 0.6 is 23.2 Å². The van der Waals surface area contributed by atoms with Gasteiger partial charge in [0.05, 0.1) is 21.6 Å². The van der Waals surface area contributed by atoms with E-state index in [1.165, 1.54) is 16.7 Å². The fourth-order valence-electron chi connectivity index (χ4n) is 2.70. The minimum atomic E-state index is -0.507. The van der Waals surface area contributed by atoms with Gasteiger partial charge in [0.1, 0.15) is 5.82 Å². The molecule has 0 saturated carbocycles. The summed E-state index contributed by atoms with van der Waals surface area (Å²) < 4.78 is 6.89. The topological polar surface area (TPSA) is 113 Å². The Morgan fingerprint density at radius 2 is 1.93 bits per heavy atom. The molecule has 3 aromatic rings. The zero-order valence-corrected chi connectivity index (χ0v) is 16.6. The Morgan fingerprint density at radius 1 is 1.17 bits per heavy atom. The molecule has 0 radical (unpaired) electrons. The number of para-hydroxylation sites is 2. The molecule has 0 aliphatic rings. The van der Waals surface area contributed by atoms with Crippen LogP contribution in [0.5, 0.6) is 5.75 Å². The van der Waals surface area contributed by atoms with Crippen LogP contribution < -0.4 is 16.2 Å². The number of aryl methyl sites for hydroxylation is 1. The predicted octanol–water partition coefficient (Wildman–Crippen LogP) is 4.18. The number of nitro groups is 1. The van der Waals surface area contributed by atoms with Gasteiger partial charge in [0.2, 0.25) is 0 Å². The van der Waals surface area contributed by atoms with Gasteiger partial charge in [0, 0.05) is 24.4 Å². The van der Waals surface area contributed by atoms with Gasteiger partial charge in [-0.3, -0.25) is 14.7 Å². The molecule has 0 atom stereocenters. The molecule has 0 fully saturated rings. The maximum Gasteiger partial charge on any atom is 0.349 e. The van der Waals surface area contributed by atoms with E-state index in [0.29, 0.717) is 34.1 Å². The number of anilines is 1. The number of rotatable bonds is 7. The Morgan fingerprint density at radius 3 is 2.66 bits per heavy atom. The van der Waals surface area contributed by atoms with Crippen LogP contribution in [0.2, 0.25) is 10.0 Å². The molecule has 1 heterocycles. The number of nitro benzene ring substituents is 1. The molecule has 0 spiro atoms. The standard InChI is InChI=1S/C19H16Cl2N4O4/c20-14-7-6-12(10-15(14)21)13-11-24(19(26)23-18(13)22)8-3-9-29-17-5-2-1-4-16(17)25(27)28/h1-2,4-7,10-11H,3,8-9H2,(H2,22,23,26). The highest BCUT2D eigenvalue weighted by atomic mass is 35.5. The third-order valence-corrected chi connectivity index (χ3v) is 4.86. The fourth-order valence-corrected chi connectivity index (χ4v) is 3.00. The van der Waals surface area contributed by atoms with Gasteiger partial charge >= 0.3 is 11.4 Å². The third-order valence-electron chi connectivity index (χ3n) is 4.12. The van der Waals surface area contributed by atoms with Crippen molar-refractivity contribution in [3.8, 4) is 16.9 Å². The van der Waals surface area contributed by atoms with Gasteiger partial charge in [-0.15, -0.1) is 0 Å². The van der Waals surface area contributed by atoms with Crippen molar-refractivity contribution in [2.24, 2.45) is 0 Å². The second-order valence-electron chi connectivity index (χ2n) is 6.07. The van der Waals surface area contributed by atoms with Crippen molar-refractivity contribution in [2.45, 2.75) is 13.0 Å². The summed E-state index contributed by atoms with van der Waals surface area (Å²) in [6, 6.07) is 11.1. The number of hydrogen-bond donors (Lipinski definition) is 1. The first-order valence-corrected chi connectivity index (χ1v) is 9.31. The molecule has 0 unspecified atom stereocenters. The lowest BCUT2D eigenvalue weighted by Crippen LogP contribution is -2.25. The van der Waals surface area contributed by atoms with E-state index in [2.05, 4.69) is 4.98 Å². The molecule has 0 bridgehead atoms. The fraction of sp³-hybridized carbons (Fsp3) is 0.158. The molecule has 0 aliphatic heterocycles. The first-order chi connectivity index (χ1) is 13.9. The van der Waals surface area contributed by atoms with Crippen molar-refractivity contribution < 1.29 is 9.66 Å². The van der Waals surface area contributed by atoms with Crippen LogP contribution in [0.1, 0.15) is 6.42 Å². The van der Waals surface area contributed by atoms with Crippen molar-refractivity contribution in [1.82, 2.24) is 9.55 Å². The molecule has 0 aliphatic carbocycles. The molecule has 150 valence electrons. The molecule has 29 heavy (non-hydrogen) atoms. The van der Waals surface area contributed by atoms with Crippen molar-refractivity contribution in [3.63, 3.8) is 0 Å². The van der Waals surface area contributed by atoms with Gasteiger partial charge in [-0.2, -0.15) is 4.98 Å². The number of benzene rings is 2. The molecule has 2 aromatic carbocycles. The monoisotopic (exact) mass is 434 g/mol. The first-order valence-electron chi connectivity index (χ1n) is 8.55. The lowest BCUT2D eigenvalue weighted by Gasteiger charge is -2.11. The van der Waals surface area contributed by atoms with Gasteiger partial charge in [0.25, 0.3) is 0 Å². The van der Waals surface area contributed by atoms with E-state index >= 15 is 0 Å². The average molecular weight is 435 g/mol. The van der Waals surface area contributed by atoms with Crippen LogP contribution in [0.3, 0.4) is 0 Å². The van der Waals surface area contributed by atoms with E-state index in [0.717, 1.165) is 0 Å². The zero-order valence-electron chi connectivity index (χ0n) is 15.0. The summed E-state index contributed by atoms with van der Waals surface area (Å²) in [7, 11) is 0. The highest BCUT2D eigenvalue weighted by Crippen LogP contribution is 2.30. The molecule has 2 N–H and O–H groups in total. The van der Waals surface area contributed by atoms with E-state index in [4.69, 9.17) is 33.7 Å². The summed E-state index contributed by atoms with van der Waals surface area (Å²) in [5, 5.41) is 11.8. The normalized spacial score (nSPS) is 10.7. The molecule has 0 amide bonds. The summed E-state index contributed by atoms with van der Waals surface area (Å²) >= 11 is 12.0. The van der Waals surface area contributed by atoms with Crippen LogP contribution in [0.15, 0.2) is 53.5 Å². The van der Waals surface area contributed by atoms with E-state index in [9.17, 15) is 14.9 Å². The molecule has 3 rings (SSSR count). The zero-order chi connectivity index (χ0) is 21.0. The third kappa shape index (κ3) is 4.85. The Kier molecular flexibility index (Phi) is 6.36. The molecular formula is C19H16Cl2N4O4. The summed E-state index contributed by atoms with van der Waals surface area (Å²) in [5.41, 5.74) is 6.50. The van der Waals surface area contributed by atoms with Gasteiger partial charge in [-0.1, -0.05) is 41.4 Å². The number of halogens is 2. The van der Waals surface area contributed by atoms with Crippen LogP contribution in [-0.2, 0) is 6.54 Å². The maximum atomic E-state index is 12.1. The molecule has 0 saturated heterocycles. The minimum absolute atomic E-state index is 0.0841. The highest BCUT2D eigenvalue weighted by Gasteiger charge is 2.14. The van der Waals surface area contributed by atoms with E-state index in [1.54, 1.807) is 36.5 Å². The van der Waals surface area contributed by atoms with Gasteiger partial charge in [0.15, 0.2) is 5.75 Å². The van der Waals surface area contributed by atoms with Gasteiger partial charge < -0.3 is 10.5 Å². The lowest BCUT2D eigenvalue weighted by atomic mass is 10.1. The van der Waals surface area contributed by atoms with Crippen molar-refractivity contribution in [3.05, 3.63) is 79.3 Å². The van der Waals surface area contributed by atoms with Crippen molar-refractivity contribution in [1.29, 1.82) is 0 Å². The van der Waals surface area contributed by atoms with E-state index < -0.39 is 10.6 Å². The molecule has 8 nitrogen and oxygen atoms in total. The SMILES string of the molecule is Nc1nc(=O)n(CCCOc2ccccc2[N+](=O)[O-])cc1-c1ccc(Cl)c(Cl)c1. The quantitative estimate of drug-likeness (QED) is 0.339. The first kappa shape index (κ1) is 20.6. The van der Waals surface area contributed by atoms with Crippen molar-refractivity contribution >= 4 is 34.7 Å². The molecular weight excluding hydrogens is 419 g/mol. The van der Waals surface area contributed by atoms with Gasteiger partial charge in [-0.05, 0) is 30.2 Å². The lowest BCUT2D eigenvalue weighted by molar-refractivity contribution is -0.385. The minimum Gasteiger partial charge on any atom is -0.487 e. The predicted molar refractivity (Wildman–Crippen MR) is 112 cm³/mol. The van der Waals surface area contributed by atoms with Crippen LogP contribution in [0.25, 0.3) is 11.1 Å². The van der Waals surface area contributed by atoms with Crippen LogP contribution in [-0.4, -0.2) is 21.1 Å². The smallest absolute Gasteiger partial charge is 0.349 e. The highest BCUT2D eigenvalue weighted by molar-refractivity contribution is 6.42. The second kappa shape index (κ2) is 8.93. The second-order valence-corrected chi connectivity index (χ2v) is 6.89. The van der Waals surface area contributed by atoms with Crippen LogP contribution in [0.4, 0.5) is 11.5 Å². The Balaban J connectivity index is 1.72. The number of nitrogen functional groups attached to an aromatic ring is 1. The summed E-state index contributed by atoms with van der Waals surface area (Å²) in [5.74, 6) is 0.262. The maximum absolute atomic E-state index is 12.1. The Labute approximate surface area is 175 Å². The number of aromatic nitrogens is 2. The largest absolute Gasteiger partial charge is 0.487 e. The average Bonchev–Trinajstić information content (AvgIpc) is 2.69. The Bertz CT molecular complexity index is 1120. The Hall–Kier alpha value is -3.10. The van der Waals surface area contributed by atoms with Crippen LogP contribution in [0, 0.1) is 10.1 Å². The van der Waals surface area contributed by atoms with Crippen molar-refractivity contribution in [2.75, 3.05) is 12.3 Å². The summed E-state index contributed by atoms with van der Waals surface area (Å²) in [6.45, 7) is 0.477. The number of hydrogen-bond acceptors (Lipinski definition) is 6. The molecule has 10 heteroatoms.